The fourth-order valence-corrected chi connectivity index (χ4v) is 7.51. The number of piperidine rings is 1. The Labute approximate surface area is 218 Å². The lowest BCUT2D eigenvalue weighted by Gasteiger charge is -2.51. The second-order valence-electron chi connectivity index (χ2n) is 11.2. The van der Waals surface area contributed by atoms with Gasteiger partial charge in [-0.25, -0.2) is 0 Å². The van der Waals surface area contributed by atoms with Gasteiger partial charge in [-0.05, 0) is 87.8 Å². The van der Waals surface area contributed by atoms with Crippen LogP contribution in [0.15, 0.2) is 23.1 Å². The summed E-state index contributed by atoms with van der Waals surface area (Å²) in [4.78, 5) is 39.5. The Morgan fingerprint density at radius 1 is 1.00 bits per heavy atom. The number of benzene rings is 1. The normalized spacial score (nSPS) is 29.5. The number of amides is 3. The third kappa shape index (κ3) is 5.50. The average Bonchev–Trinajstić information content (AvgIpc) is 3.21. The number of unbranched alkanes of at least 4 members (excludes halogenated alkanes) is 4. The molecule has 4 fully saturated rings. The Balaban J connectivity index is 0.998. The molecule has 5 aliphatic rings. The van der Waals surface area contributed by atoms with Gasteiger partial charge in [-0.1, -0.05) is 25.3 Å². The van der Waals surface area contributed by atoms with Crippen molar-refractivity contribution < 1.29 is 19.5 Å². The fourth-order valence-electron chi connectivity index (χ4n) is 6.42. The number of thioether (sulfide) groups is 1. The number of fused-ring (bicyclic) bond motifs is 4. The van der Waals surface area contributed by atoms with E-state index in [9.17, 15) is 19.5 Å². The molecule has 196 valence electrons. The largest absolute Gasteiger partial charge is 0.390 e. The minimum absolute atomic E-state index is 0.104. The van der Waals surface area contributed by atoms with Crippen LogP contribution in [0.2, 0.25) is 0 Å². The van der Waals surface area contributed by atoms with E-state index in [-0.39, 0.29) is 29.7 Å². The molecule has 1 unspecified atom stereocenters. The molecule has 2 heterocycles. The predicted molar refractivity (Wildman–Crippen MR) is 140 cm³/mol. The zero-order valence-corrected chi connectivity index (χ0v) is 22.0. The van der Waals surface area contributed by atoms with Crippen molar-refractivity contribution in [1.82, 2.24) is 15.5 Å². The summed E-state index contributed by atoms with van der Waals surface area (Å²) in [5.41, 5.74) is 1.65. The van der Waals surface area contributed by atoms with Crippen LogP contribution in [0.1, 0.15) is 99.4 Å². The number of hydrogen-bond acceptors (Lipinski definition) is 6. The number of rotatable bonds is 11. The van der Waals surface area contributed by atoms with Crippen molar-refractivity contribution in [2.75, 3.05) is 12.3 Å². The molecule has 1 aromatic rings. The van der Waals surface area contributed by atoms with E-state index in [0.29, 0.717) is 24.1 Å². The average molecular weight is 514 g/mol. The standard InChI is InChI=1S/C28H39N3O4S/c32-24-10-9-22(25(33)30-24)31-19-21-20(26(31)34)7-6-8-23(21)36-18-5-3-1-2-4-17-29-27-11-14-28(35,15-12-27)16-13-27/h6-8,22,29,35H,1-5,9-19H2,(H,30,32,33). The molecule has 3 amide bonds. The van der Waals surface area contributed by atoms with Gasteiger partial charge in [0.15, 0.2) is 0 Å². The third-order valence-corrected chi connectivity index (χ3v) is 10.0. The van der Waals surface area contributed by atoms with E-state index in [0.717, 1.165) is 67.7 Å². The molecule has 1 aromatic carbocycles. The molecule has 36 heavy (non-hydrogen) atoms. The summed E-state index contributed by atoms with van der Waals surface area (Å²) in [6.45, 7) is 1.53. The highest BCUT2D eigenvalue weighted by Gasteiger charge is 2.47. The molecule has 3 saturated carbocycles. The molecule has 0 aromatic heterocycles. The van der Waals surface area contributed by atoms with E-state index in [1.54, 1.807) is 16.7 Å². The molecule has 2 bridgehead atoms. The van der Waals surface area contributed by atoms with Crippen molar-refractivity contribution in [1.29, 1.82) is 0 Å². The minimum Gasteiger partial charge on any atom is -0.390 e. The summed E-state index contributed by atoms with van der Waals surface area (Å²) in [6, 6.07) is 5.29. The third-order valence-electron chi connectivity index (χ3n) is 8.82. The maximum atomic E-state index is 13.0. The summed E-state index contributed by atoms with van der Waals surface area (Å²) in [5.74, 6) is 0.297. The lowest BCUT2D eigenvalue weighted by molar-refractivity contribution is -0.136. The summed E-state index contributed by atoms with van der Waals surface area (Å²) >= 11 is 1.81. The number of hydrogen-bond donors (Lipinski definition) is 3. The van der Waals surface area contributed by atoms with Crippen LogP contribution in [-0.4, -0.2) is 57.2 Å². The summed E-state index contributed by atoms with van der Waals surface area (Å²) in [7, 11) is 0. The first kappa shape index (κ1) is 25.7. The molecule has 0 radical (unpaired) electrons. The van der Waals surface area contributed by atoms with Crippen LogP contribution in [-0.2, 0) is 16.1 Å². The first-order valence-corrected chi connectivity index (χ1v) is 14.7. The van der Waals surface area contributed by atoms with Crippen LogP contribution in [0.5, 0.6) is 0 Å². The minimum atomic E-state index is -0.561. The van der Waals surface area contributed by atoms with Gasteiger partial charge in [0.25, 0.3) is 5.91 Å². The molecular formula is C28H39N3O4S. The van der Waals surface area contributed by atoms with E-state index in [1.165, 1.54) is 25.7 Å². The van der Waals surface area contributed by atoms with Gasteiger partial charge in [0.2, 0.25) is 11.8 Å². The number of carbonyl (C=O) groups excluding carboxylic acids is 3. The summed E-state index contributed by atoms with van der Waals surface area (Å²) in [6.07, 6.45) is 13.0. The van der Waals surface area contributed by atoms with Crippen LogP contribution in [0.3, 0.4) is 0 Å². The molecule has 2 aliphatic heterocycles. The summed E-state index contributed by atoms with van der Waals surface area (Å²) < 4.78 is 0. The molecule has 6 rings (SSSR count). The van der Waals surface area contributed by atoms with Crippen LogP contribution >= 0.6 is 11.8 Å². The van der Waals surface area contributed by atoms with Crippen LogP contribution in [0.4, 0.5) is 0 Å². The Hall–Kier alpha value is -1.90. The van der Waals surface area contributed by atoms with E-state index < -0.39 is 6.04 Å². The monoisotopic (exact) mass is 513 g/mol. The number of aliphatic hydroxyl groups is 1. The molecule has 8 heteroatoms. The second-order valence-corrected chi connectivity index (χ2v) is 12.4. The summed E-state index contributed by atoms with van der Waals surface area (Å²) in [5, 5.41) is 16.6. The van der Waals surface area contributed by atoms with Crippen LogP contribution in [0.25, 0.3) is 0 Å². The highest BCUT2D eigenvalue weighted by Crippen LogP contribution is 2.46. The molecule has 0 spiro atoms. The molecule has 3 N–H and O–H groups in total. The van der Waals surface area contributed by atoms with E-state index in [4.69, 9.17) is 0 Å². The van der Waals surface area contributed by atoms with Crippen molar-refractivity contribution >= 4 is 29.5 Å². The molecular weight excluding hydrogens is 474 g/mol. The molecule has 1 saturated heterocycles. The maximum absolute atomic E-state index is 13.0. The van der Waals surface area contributed by atoms with Gasteiger partial charge in [-0.15, -0.1) is 11.8 Å². The number of nitrogens with one attached hydrogen (secondary N) is 2. The highest BCUT2D eigenvalue weighted by molar-refractivity contribution is 7.99. The smallest absolute Gasteiger partial charge is 0.255 e. The Morgan fingerprint density at radius 3 is 2.47 bits per heavy atom. The Bertz CT molecular complexity index is 988. The van der Waals surface area contributed by atoms with Gasteiger partial charge < -0.3 is 15.3 Å². The van der Waals surface area contributed by atoms with Crippen molar-refractivity contribution in [3.05, 3.63) is 29.3 Å². The van der Waals surface area contributed by atoms with Gasteiger partial charge in [0.05, 0.1) is 5.60 Å². The SMILES string of the molecule is O=C1CCC(N2Cc3c(SCCCCCCCNC45CCC(O)(CC4)CC5)cccc3C2=O)C(=O)N1. The van der Waals surface area contributed by atoms with Crippen LogP contribution < -0.4 is 10.6 Å². The van der Waals surface area contributed by atoms with Gasteiger partial charge in [-0.3, -0.25) is 19.7 Å². The number of nitrogens with zero attached hydrogens (tertiary/aromatic N) is 1. The lowest BCUT2D eigenvalue weighted by Crippen LogP contribution is -2.57. The van der Waals surface area contributed by atoms with Crippen molar-refractivity contribution in [2.24, 2.45) is 0 Å². The van der Waals surface area contributed by atoms with Crippen molar-refractivity contribution in [2.45, 2.75) is 112 Å². The van der Waals surface area contributed by atoms with E-state index in [1.807, 2.05) is 12.1 Å². The number of imide groups is 1. The first-order chi connectivity index (χ1) is 17.4. The predicted octanol–water partition coefficient (Wildman–Crippen LogP) is 3.92. The van der Waals surface area contributed by atoms with Crippen LogP contribution in [0, 0.1) is 0 Å². The molecule has 1 atom stereocenters. The zero-order valence-electron chi connectivity index (χ0n) is 21.2. The highest BCUT2D eigenvalue weighted by atomic mass is 32.2. The maximum Gasteiger partial charge on any atom is 0.255 e. The Morgan fingerprint density at radius 2 is 1.72 bits per heavy atom. The quantitative estimate of drug-likeness (QED) is 0.236. The second kappa shape index (κ2) is 10.8. The number of carbonyl (C=O) groups is 3. The molecule has 7 nitrogen and oxygen atoms in total. The van der Waals surface area contributed by atoms with Gasteiger partial charge in [0, 0.05) is 29.0 Å². The van der Waals surface area contributed by atoms with Gasteiger partial charge in [0.1, 0.15) is 6.04 Å². The van der Waals surface area contributed by atoms with E-state index >= 15 is 0 Å². The topological polar surface area (TPSA) is 98.7 Å². The van der Waals surface area contributed by atoms with Crippen molar-refractivity contribution in [3.63, 3.8) is 0 Å². The molecule has 3 aliphatic carbocycles. The zero-order chi connectivity index (χ0) is 25.2. The van der Waals surface area contributed by atoms with Gasteiger partial charge in [-0.2, -0.15) is 0 Å². The van der Waals surface area contributed by atoms with Crippen molar-refractivity contribution in [3.8, 4) is 0 Å². The van der Waals surface area contributed by atoms with Gasteiger partial charge >= 0.3 is 0 Å². The van der Waals surface area contributed by atoms with E-state index in [2.05, 4.69) is 16.7 Å². The lowest BCUT2D eigenvalue weighted by atomic mass is 9.63. The Kier molecular flexibility index (Phi) is 7.75. The fraction of sp³-hybridized carbons (Fsp3) is 0.679. The first-order valence-electron chi connectivity index (χ1n) is 13.7.